The largest absolute Gasteiger partial charge is 0.380 e. The highest BCUT2D eigenvalue weighted by Crippen LogP contribution is 2.24. The number of methoxy groups -OCH3 is 1. The molecule has 72 valence electrons. The molecule has 0 radical (unpaired) electrons. The van der Waals surface area contributed by atoms with E-state index in [0.29, 0.717) is 5.88 Å². The predicted octanol–water partition coefficient (Wildman–Crippen LogP) is 0.675. The molecule has 0 bridgehead atoms. The van der Waals surface area contributed by atoms with Crippen LogP contribution >= 0.6 is 11.6 Å². The summed E-state index contributed by atoms with van der Waals surface area (Å²) in [5.41, 5.74) is 0. The summed E-state index contributed by atoms with van der Waals surface area (Å²) in [6.45, 7) is 0. The lowest BCUT2D eigenvalue weighted by Gasteiger charge is -2.13. The Balaban J connectivity index is 2.63. The fourth-order valence-electron chi connectivity index (χ4n) is 1.56. The standard InChI is InChI=1S/C7H13ClO3S/c1-11-7-5-12(9,10)4-6(7)2-3-8/h6-7H,2-5H2,1H3. The highest BCUT2D eigenvalue weighted by atomic mass is 35.5. The molecule has 0 N–H and O–H groups in total. The van der Waals surface area contributed by atoms with Crippen LogP contribution in [0.1, 0.15) is 6.42 Å². The number of hydrogen-bond donors (Lipinski definition) is 0. The molecule has 12 heavy (non-hydrogen) atoms. The zero-order valence-electron chi connectivity index (χ0n) is 6.99. The quantitative estimate of drug-likeness (QED) is 0.647. The zero-order valence-corrected chi connectivity index (χ0v) is 8.57. The van der Waals surface area contributed by atoms with E-state index in [1.165, 1.54) is 0 Å². The molecule has 0 spiro atoms. The Morgan fingerprint density at radius 1 is 1.50 bits per heavy atom. The maximum atomic E-state index is 11.2. The number of hydrogen-bond acceptors (Lipinski definition) is 3. The summed E-state index contributed by atoms with van der Waals surface area (Å²) in [5.74, 6) is 0.987. The number of ether oxygens (including phenoxy) is 1. The van der Waals surface area contributed by atoms with Crippen LogP contribution in [0.4, 0.5) is 0 Å². The summed E-state index contributed by atoms with van der Waals surface area (Å²) in [4.78, 5) is 0. The number of alkyl halides is 1. The SMILES string of the molecule is COC1CS(=O)(=O)CC1CCCl. The first kappa shape index (κ1) is 10.3. The fourth-order valence-corrected chi connectivity index (χ4v) is 3.92. The minimum Gasteiger partial charge on any atom is -0.380 e. The molecule has 1 rings (SSSR count). The van der Waals surface area contributed by atoms with Gasteiger partial charge in [0.2, 0.25) is 0 Å². The van der Waals surface area contributed by atoms with Crippen molar-refractivity contribution in [3.05, 3.63) is 0 Å². The van der Waals surface area contributed by atoms with Crippen molar-refractivity contribution in [2.45, 2.75) is 12.5 Å². The second kappa shape index (κ2) is 3.94. The summed E-state index contributed by atoms with van der Waals surface area (Å²) >= 11 is 5.55. The van der Waals surface area contributed by atoms with Gasteiger partial charge < -0.3 is 4.74 Å². The van der Waals surface area contributed by atoms with E-state index < -0.39 is 9.84 Å². The molecule has 0 aliphatic carbocycles. The highest BCUT2D eigenvalue weighted by molar-refractivity contribution is 7.91. The average molecular weight is 213 g/mol. The van der Waals surface area contributed by atoms with Gasteiger partial charge in [-0.2, -0.15) is 0 Å². The number of rotatable bonds is 3. The first-order valence-corrected chi connectivity index (χ1v) is 6.24. The van der Waals surface area contributed by atoms with Gasteiger partial charge in [0.1, 0.15) is 0 Å². The molecule has 1 saturated heterocycles. The second-order valence-corrected chi connectivity index (χ2v) is 5.62. The molecule has 0 aromatic carbocycles. The molecule has 0 aromatic heterocycles. The number of halogens is 1. The third kappa shape index (κ3) is 2.34. The lowest BCUT2D eigenvalue weighted by atomic mass is 10.0. The Labute approximate surface area is 78.0 Å². The Bertz CT molecular complexity index is 237. The Kier molecular flexibility index (Phi) is 3.37. The number of sulfone groups is 1. The first-order valence-electron chi connectivity index (χ1n) is 3.88. The molecule has 0 aromatic rings. The van der Waals surface area contributed by atoms with Crippen molar-refractivity contribution in [2.75, 3.05) is 24.5 Å². The van der Waals surface area contributed by atoms with Crippen LogP contribution in [0.15, 0.2) is 0 Å². The molecule has 0 amide bonds. The van der Waals surface area contributed by atoms with Crippen molar-refractivity contribution < 1.29 is 13.2 Å². The van der Waals surface area contributed by atoms with Crippen LogP contribution in [0.25, 0.3) is 0 Å². The molecule has 3 nitrogen and oxygen atoms in total. The van der Waals surface area contributed by atoms with Gasteiger partial charge >= 0.3 is 0 Å². The Hall–Kier alpha value is 0.200. The van der Waals surface area contributed by atoms with E-state index in [0.717, 1.165) is 6.42 Å². The minimum absolute atomic E-state index is 0.0949. The van der Waals surface area contributed by atoms with E-state index in [2.05, 4.69) is 0 Å². The van der Waals surface area contributed by atoms with E-state index in [9.17, 15) is 8.42 Å². The third-order valence-corrected chi connectivity index (χ3v) is 4.19. The molecule has 1 heterocycles. The maximum absolute atomic E-state index is 11.2. The topological polar surface area (TPSA) is 43.4 Å². The Morgan fingerprint density at radius 2 is 2.17 bits per heavy atom. The molecule has 5 heteroatoms. The summed E-state index contributed by atoms with van der Waals surface area (Å²) < 4.78 is 27.4. The zero-order chi connectivity index (χ0) is 9.19. The smallest absolute Gasteiger partial charge is 0.153 e. The van der Waals surface area contributed by atoms with Gasteiger partial charge in [0, 0.05) is 18.9 Å². The average Bonchev–Trinajstić information content (AvgIpc) is 2.26. The molecular formula is C7H13ClO3S. The van der Waals surface area contributed by atoms with Crippen molar-refractivity contribution in [1.29, 1.82) is 0 Å². The van der Waals surface area contributed by atoms with E-state index in [1.54, 1.807) is 7.11 Å². The molecule has 2 unspecified atom stereocenters. The minimum atomic E-state index is -2.86. The lowest BCUT2D eigenvalue weighted by molar-refractivity contribution is 0.0841. The lowest BCUT2D eigenvalue weighted by Crippen LogP contribution is -2.20. The fraction of sp³-hybridized carbons (Fsp3) is 1.00. The highest BCUT2D eigenvalue weighted by Gasteiger charge is 2.36. The van der Waals surface area contributed by atoms with E-state index >= 15 is 0 Å². The molecule has 2 atom stereocenters. The molecule has 1 aliphatic heterocycles. The van der Waals surface area contributed by atoms with Crippen molar-refractivity contribution in [2.24, 2.45) is 5.92 Å². The van der Waals surface area contributed by atoms with Gasteiger partial charge in [0.05, 0.1) is 17.6 Å². The summed E-state index contributed by atoms with van der Waals surface area (Å²) in [7, 11) is -1.31. The molecule has 1 aliphatic rings. The summed E-state index contributed by atoms with van der Waals surface area (Å²) in [6.07, 6.45) is 0.577. The van der Waals surface area contributed by atoms with E-state index in [1.807, 2.05) is 0 Å². The predicted molar refractivity (Wildman–Crippen MR) is 48.3 cm³/mol. The first-order chi connectivity index (χ1) is 5.59. The van der Waals surface area contributed by atoms with Gasteiger partial charge in [-0.25, -0.2) is 8.42 Å². The normalized spacial score (nSPS) is 33.8. The monoisotopic (exact) mass is 212 g/mol. The van der Waals surface area contributed by atoms with Crippen LogP contribution in [0.5, 0.6) is 0 Å². The molecule has 0 saturated carbocycles. The van der Waals surface area contributed by atoms with Gasteiger partial charge in [-0.3, -0.25) is 0 Å². The molecular weight excluding hydrogens is 200 g/mol. The van der Waals surface area contributed by atoms with Gasteiger partial charge in [-0.1, -0.05) is 0 Å². The molecule has 1 fully saturated rings. The van der Waals surface area contributed by atoms with Crippen molar-refractivity contribution in [1.82, 2.24) is 0 Å². The van der Waals surface area contributed by atoms with Crippen molar-refractivity contribution in [3.63, 3.8) is 0 Å². The second-order valence-electron chi connectivity index (χ2n) is 3.09. The van der Waals surface area contributed by atoms with Crippen LogP contribution in [-0.2, 0) is 14.6 Å². The van der Waals surface area contributed by atoms with Gasteiger partial charge in [-0.05, 0) is 6.42 Å². The Morgan fingerprint density at radius 3 is 2.67 bits per heavy atom. The van der Waals surface area contributed by atoms with Crippen LogP contribution < -0.4 is 0 Å². The van der Waals surface area contributed by atoms with Gasteiger partial charge in [0.25, 0.3) is 0 Å². The van der Waals surface area contributed by atoms with E-state index in [-0.39, 0.29) is 23.5 Å². The van der Waals surface area contributed by atoms with Crippen molar-refractivity contribution in [3.8, 4) is 0 Å². The van der Waals surface area contributed by atoms with Crippen LogP contribution in [0.2, 0.25) is 0 Å². The summed E-state index contributed by atoms with van der Waals surface area (Å²) in [5, 5.41) is 0. The van der Waals surface area contributed by atoms with E-state index in [4.69, 9.17) is 16.3 Å². The van der Waals surface area contributed by atoms with Crippen molar-refractivity contribution >= 4 is 21.4 Å². The maximum Gasteiger partial charge on any atom is 0.153 e. The third-order valence-electron chi connectivity index (χ3n) is 2.19. The van der Waals surface area contributed by atoms with Gasteiger partial charge in [-0.15, -0.1) is 11.6 Å². The van der Waals surface area contributed by atoms with Gasteiger partial charge in [0.15, 0.2) is 9.84 Å². The van der Waals surface area contributed by atoms with Crippen LogP contribution in [-0.4, -0.2) is 39.0 Å². The van der Waals surface area contributed by atoms with Crippen LogP contribution in [0.3, 0.4) is 0 Å². The van der Waals surface area contributed by atoms with Crippen LogP contribution in [0, 0.1) is 5.92 Å². The summed E-state index contributed by atoms with van der Waals surface area (Å²) in [6, 6.07) is 0.